The summed E-state index contributed by atoms with van der Waals surface area (Å²) in [5.74, 6) is 2.59. The van der Waals surface area contributed by atoms with Gasteiger partial charge in [-0.15, -0.1) is 0 Å². The van der Waals surface area contributed by atoms with Crippen LogP contribution in [0.3, 0.4) is 0 Å². The molecule has 0 radical (unpaired) electrons. The van der Waals surface area contributed by atoms with E-state index in [-0.39, 0.29) is 0 Å². The first-order chi connectivity index (χ1) is 7.77. The fourth-order valence-electron chi connectivity index (χ4n) is 2.05. The van der Waals surface area contributed by atoms with Gasteiger partial charge in [-0.25, -0.2) is 0 Å². The van der Waals surface area contributed by atoms with Crippen molar-refractivity contribution in [1.82, 2.24) is 0 Å². The van der Waals surface area contributed by atoms with E-state index >= 15 is 0 Å². The summed E-state index contributed by atoms with van der Waals surface area (Å²) < 4.78 is 0. The predicted octanol–water partition coefficient (Wildman–Crippen LogP) is 3.06. The maximum absolute atomic E-state index is 3.68. The summed E-state index contributed by atoms with van der Waals surface area (Å²) in [6.07, 6.45) is 2.57. The van der Waals surface area contributed by atoms with E-state index in [4.69, 9.17) is 0 Å². The van der Waals surface area contributed by atoms with Crippen molar-refractivity contribution >= 4 is 23.1 Å². The Labute approximate surface area is 102 Å². The van der Waals surface area contributed by atoms with Crippen LogP contribution in [0.5, 0.6) is 0 Å². The van der Waals surface area contributed by atoms with E-state index in [9.17, 15) is 0 Å². The Morgan fingerprint density at radius 3 is 2.56 bits per heavy atom. The Bertz CT molecular complexity index is 332. The highest BCUT2D eigenvalue weighted by Crippen LogP contribution is 2.27. The van der Waals surface area contributed by atoms with E-state index in [2.05, 4.69) is 60.3 Å². The van der Waals surface area contributed by atoms with E-state index in [1.54, 1.807) is 0 Å². The molecule has 1 aliphatic rings. The fraction of sp³-hybridized carbons (Fsp3) is 0.538. The minimum Gasteiger partial charge on any atom is -0.381 e. The molecule has 1 fully saturated rings. The minimum atomic E-state index is 0.655. The number of rotatable bonds is 3. The number of anilines is 2. The third-order valence-corrected chi connectivity index (χ3v) is 4.02. The zero-order valence-corrected chi connectivity index (χ0v) is 10.9. The van der Waals surface area contributed by atoms with Gasteiger partial charge < -0.3 is 10.2 Å². The lowest BCUT2D eigenvalue weighted by atomic mass is 10.1. The molecule has 0 bridgehead atoms. The maximum atomic E-state index is 3.68. The second-order valence-corrected chi connectivity index (χ2v) is 5.67. The van der Waals surface area contributed by atoms with E-state index in [0.717, 1.165) is 0 Å². The van der Waals surface area contributed by atoms with Crippen LogP contribution in [0.15, 0.2) is 24.3 Å². The van der Waals surface area contributed by atoms with Gasteiger partial charge in [-0.05, 0) is 36.5 Å². The van der Waals surface area contributed by atoms with Gasteiger partial charge in [0.15, 0.2) is 0 Å². The number of hydrogen-bond acceptors (Lipinski definition) is 3. The van der Waals surface area contributed by atoms with Crippen molar-refractivity contribution in [1.29, 1.82) is 0 Å². The van der Waals surface area contributed by atoms with Crippen LogP contribution in [0, 0.1) is 0 Å². The van der Waals surface area contributed by atoms with Crippen LogP contribution in [0.2, 0.25) is 0 Å². The molecule has 1 aliphatic heterocycles. The van der Waals surface area contributed by atoms with Crippen molar-refractivity contribution in [3.8, 4) is 0 Å². The number of hydrogen-bond donors (Lipinski definition) is 1. The highest BCUT2D eigenvalue weighted by atomic mass is 32.2. The zero-order chi connectivity index (χ0) is 11.4. The molecule has 16 heavy (non-hydrogen) atoms. The Kier molecular flexibility index (Phi) is 3.99. The normalized spacial score (nSPS) is 17.1. The third kappa shape index (κ3) is 2.85. The summed E-state index contributed by atoms with van der Waals surface area (Å²) in [6, 6.07) is 9.20. The Morgan fingerprint density at radius 1 is 1.19 bits per heavy atom. The van der Waals surface area contributed by atoms with Crippen LogP contribution in [0.25, 0.3) is 0 Å². The van der Waals surface area contributed by atoms with Crippen molar-refractivity contribution in [2.45, 2.75) is 18.9 Å². The summed E-state index contributed by atoms with van der Waals surface area (Å²) in [4.78, 5) is 2.17. The number of benzene rings is 1. The average molecular weight is 236 g/mol. The molecule has 2 nitrogen and oxygen atoms in total. The molecule has 1 aromatic rings. The van der Waals surface area contributed by atoms with Crippen molar-refractivity contribution in [3.05, 3.63) is 24.3 Å². The molecular weight excluding hydrogens is 216 g/mol. The van der Waals surface area contributed by atoms with Gasteiger partial charge in [-0.2, -0.15) is 11.8 Å². The van der Waals surface area contributed by atoms with Gasteiger partial charge in [0, 0.05) is 20.1 Å². The molecule has 1 heterocycles. The first-order valence-corrected chi connectivity index (χ1v) is 7.03. The number of thioether (sulfide) groups is 1. The van der Waals surface area contributed by atoms with Gasteiger partial charge in [-0.3, -0.25) is 0 Å². The van der Waals surface area contributed by atoms with Crippen molar-refractivity contribution in [2.24, 2.45) is 0 Å². The smallest absolute Gasteiger partial charge is 0.0596 e. The number of nitrogens with zero attached hydrogens (tertiary/aromatic N) is 1. The van der Waals surface area contributed by atoms with E-state index < -0.39 is 0 Å². The Morgan fingerprint density at radius 2 is 1.88 bits per heavy atom. The molecule has 1 aromatic carbocycles. The monoisotopic (exact) mass is 236 g/mol. The first kappa shape index (κ1) is 11.6. The molecule has 88 valence electrons. The molecule has 2 rings (SSSR count). The topological polar surface area (TPSA) is 15.3 Å². The molecule has 1 saturated heterocycles. The summed E-state index contributed by atoms with van der Waals surface area (Å²) >= 11 is 2.07. The van der Waals surface area contributed by atoms with Gasteiger partial charge >= 0.3 is 0 Å². The standard InChI is InChI=1S/C13H20N2S/c1-15(2)13-6-4-3-5-12(13)14-11-7-9-16-10-8-11/h3-6,11,14H,7-10H2,1-2H3. The number of nitrogens with one attached hydrogen (secondary N) is 1. The van der Waals surface area contributed by atoms with Gasteiger partial charge in [-0.1, -0.05) is 12.1 Å². The molecule has 0 aromatic heterocycles. The van der Waals surface area contributed by atoms with Gasteiger partial charge in [0.25, 0.3) is 0 Å². The molecule has 0 spiro atoms. The average Bonchev–Trinajstić information content (AvgIpc) is 2.31. The summed E-state index contributed by atoms with van der Waals surface area (Å²) in [5, 5.41) is 3.68. The van der Waals surface area contributed by atoms with E-state index in [0.29, 0.717) is 6.04 Å². The fourth-order valence-corrected chi connectivity index (χ4v) is 3.15. The van der Waals surface area contributed by atoms with Crippen LogP contribution >= 0.6 is 11.8 Å². The lowest BCUT2D eigenvalue weighted by molar-refractivity contribution is 0.667. The Hall–Kier alpha value is -0.830. The van der Waals surface area contributed by atoms with E-state index in [1.807, 2.05) is 0 Å². The predicted molar refractivity (Wildman–Crippen MR) is 74.7 cm³/mol. The second-order valence-electron chi connectivity index (χ2n) is 4.44. The van der Waals surface area contributed by atoms with Crippen LogP contribution in [-0.4, -0.2) is 31.6 Å². The molecule has 1 N–H and O–H groups in total. The lowest BCUT2D eigenvalue weighted by Crippen LogP contribution is -2.25. The molecule has 0 saturated carbocycles. The maximum Gasteiger partial charge on any atom is 0.0596 e. The molecule has 0 aliphatic carbocycles. The lowest BCUT2D eigenvalue weighted by Gasteiger charge is -2.26. The summed E-state index contributed by atoms with van der Waals surface area (Å²) in [5.41, 5.74) is 2.55. The van der Waals surface area contributed by atoms with Crippen molar-refractivity contribution < 1.29 is 0 Å². The van der Waals surface area contributed by atoms with Crippen LogP contribution < -0.4 is 10.2 Å². The Balaban J connectivity index is 2.07. The third-order valence-electron chi connectivity index (χ3n) is 2.97. The summed E-state index contributed by atoms with van der Waals surface area (Å²) in [7, 11) is 4.19. The van der Waals surface area contributed by atoms with Gasteiger partial charge in [0.1, 0.15) is 0 Å². The highest BCUT2D eigenvalue weighted by Gasteiger charge is 2.14. The summed E-state index contributed by atoms with van der Waals surface area (Å²) in [6.45, 7) is 0. The van der Waals surface area contributed by atoms with Gasteiger partial charge in [0.05, 0.1) is 11.4 Å². The van der Waals surface area contributed by atoms with E-state index in [1.165, 1.54) is 35.7 Å². The zero-order valence-electron chi connectivity index (χ0n) is 10.1. The molecule has 0 atom stereocenters. The first-order valence-electron chi connectivity index (χ1n) is 5.88. The largest absolute Gasteiger partial charge is 0.381 e. The van der Waals surface area contributed by atoms with Crippen molar-refractivity contribution in [3.63, 3.8) is 0 Å². The number of para-hydroxylation sites is 2. The molecule has 0 amide bonds. The van der Waals surface area contributed by atoms with Crippen LogP contribution in [-0.2, 0) is 0 Å². The SMILES string of the molecule is CN(C)c1ccccc1NC1CCSCC1. The molecule has 3 heteroatoms. The minimum absolute atomic E-state index is 0.655. The molecule has 0 unspecified atom stereocenters. The quantitative estimate of drug-likeness (QED) is 0.868. The van der Waals surface area contributed by atoms with Crippen LogP contribution in [0.4, 0.5) is 11.4 Å². The van der Waals surface area contributed by atoms with Gasteiger partial charge in [0.2, 0.25) is 0 Å². The van der Waals surface area contributed by atoms with Crippen LogP contribution in [0.1, 0.15) is 12.8 Å². The molecular formula is C13H20N2S. The van der Waals surface area contributed by atoms with Crippen molar-refractivity contribution in [2.75, 3.05) is 35.8 Å². The highest BCUT2D eigenvalue weighted by molar-refractivity contribution is 7.99. The second kappa shape index (κ2) is 5.48.